The van der Waals surface area contributed by atoms with Gasteiger partial charge in [0.15, 0.2) is 5.76 Å². The molecule has 0 radical (unpaired) electrons. The zero-order valence-corrected chi connectivity index (χ0v) is 11.8. The van der Waals surface area contributed by atoms with Crippen molar-refractivity contribution in [2.75, 3.05) is 0 Å². The van der Waals surface area contributed by atoms with Crippen LogP contribution in [-0.2, 0) is 6.61 Å². The maximum atomic E-state index is 12.9. The van der Waals surface area contributed by atoms with Gasteiger partial charge in [0.05, 0.1) is 10.7 Å². The number of furan rings is 1. The van der Waals surface area contributed by atoms with Crippen LogP contribution >= 0.6 is 15.9 Å². The van der Waals surface area contributed by atoms with Crippen molar-refractivity contribution in [1.82, 2.24) is 5.16 Å². The molecule has 4 nitrogen and oxygen atoms in total. The molecule has 0 bridgehead atoms. The zero-order chi connectivity index (χ0) is 13.9. The average molecular weight is 338 g/mol. The standard InChI is InChI=1S/C14H9BrFNO3/c15-11-6-9(16)3-4-12(11)19-8-10-7-14(20-17-10)13-2-1-5-18-13/h1-7H,8H2. The van der Waals surface area contributed by atoms with E-state index in [0.29, 0.717) is 27.4 Å². The van der Waals surface area contributed by atoms with Crippen LogP contribution in [0.15, 0.2) is 56.1 Å². The number of benzene rings is 1. The normalized spacial score (nSPS) is 10.7. The highest BCUT2D eigenvalue weighted by atomic mass is 79.9. The van der Waals surface area contributed by atoms with E-state index in [9.17, 15) is 4.39 Å². The first kappa shape index (κ1) is 12.9. The molecule has 0 spiro atoms. The predicted molar refractivity (Wildman–Crippen MR) is 72.6 cm³/mol. The molecule has 6 heteroatoms. The van der Waals surface area contributed by atoms with Crippen LogP contribution in [-0.4, -0.2) is 5.16 Å². The summed E-state index contributed by atoms with van der Waals surface area (Å²) in [5.74, 6) is 1.35. The monoisotopic (exact) mass is 337 g/mol. The van der Waals surface area contributed by atoms with Crippen molar-refractivity contribution in [3.8, 4) is 17.3 Å². The third-order valence-electron chi connectivity index (χ3n) is 2.59. The third kappa shape index (κ3) is 2.75. The van der Waals surface area contributed by atoms with Gasteiger partial charge in [-0.05, 0) is 46.3 Å². The van der Waals surface area contributed by atoms with Gasteiger partial charge in [0.1, 0.15) is 23.9 Å². The Bertz CT molecular complexity index is 709. The van der Waals surface area contributed by atoms with Crippen molar-refractivity contribution in [2.45, 2.75) is 6.61 Å². The lowest BCUT2D eigenvalue weighted by atomic mass is 10.3. The molecule has 0 aliphatic rings. The average Bonchev–Trinajstić information content (AvgIpc) is 3.08. The fraction of sp³-hybridized carbons (Fsp3) is 0.0714. The molecule has 0 saturated heterocycles. The predicted octanol–water partition coefficient (Wildman–Crippen LogP) is 4.42. The SMILES string of the molecule is Fc1ccc(OCc2cc(-c3ccco3)on2)c(Br)c1. The van der Waals surface area contributed by atoms with Gasteiger partial charge in [-0.25, -0.2) is 4.39 Å². The van der Waals surface area contributed by atoms with Crippen molar-refractivity contribution < 1.29 is 18.1 Å². The number of rotatable bonds is 4. The van der Waals surface area contributed by atoms with Gasteiger partial charge in [0.2, 0.25) is 5.76 Å². The van der Waals surface area contributed by atoms with E-state index < -0.39 is 0 Å². The summed E-state index contributed by atoms with van der Waals surface area (Å²) in [6.45, 7) is 0.217. The number of hydrogen-bond donors (Lipinski definition) is 0. The van der Waals surface area contributed by atoms with Crippen molar-refractivity contribution in [1.29, 1.82) is 0 Å². The molecule has 2 heterocycles. The maximum absolute atomic E-state index is 12.9. The van der Waals surface area contributed by atoms with Crippen LogP contribution < -0.4 is 4.74 Å². The highest BCUT2D eigenvalue weighted by molar-refractivity contribution is 9.10. The van der Waals surface area contributed by atoms with Gasteiger partial charge in [-0.3, -0.25) is 0 Å². The second-order valence-corrected chi connectivity index (χ2v) is 4.88. The van der Waals surface area contributed by atoms with Gasteiger partial charge in [-0.1, -0.05) is 5.16 Å². The Morgan fingerprint density at radius 1 is 1.20 bits per heavy atom. The molecule has 0 N–H and O–H groups in total. The van der Waals surface area contributed by atoms with E-state index >= 15 is 0 Å². The Morgan fingerprint density at radius 2 is 2.10 bits per heavy atom. The van der Waals surface area contributed by atoms with Crippen LogP contribution in [0, 0.1) is 5.82 Å². The topological polar surface area (TPSA) is 48.4 Å². The zero-order valence-electron chi connectivity index (χ0n) is 10.2. The van der Waals surface area contributed by atoms with Crippen molar-refractivity contribution >= 4 is 15.9 Å². The molecule has 102 valence electrons. The third-order valence-corrected chi connectivity index (χ3v) is 3.21. The second-order valence-electron chi connectivity index (χ2n) is 4.02. The number of ether oxygens (including phenoxy) is 1. The maximum Gasteiger partial charge on any atom is 0.202 e. The quantitative estimate of drug-likeness (QED) is 0.707. The summed E-state index contributed by atoms with van der Waals surface area (Å²) < 4.78 is 29.4. The molecule has 3 rings (SSSR count). The van der Waals surface area contributed by atoms with Gasteiger partial charge in [0, 0.05) is 6.07 Å². The molecule has 0 aliphatic carbocycles. The van der Waals surface area contributed by atoms with Gasteiger partial charge in [-0.15, -0.1) is 0 Å². The molecule has 2 aromatic heterocycles. The number of nitrogens with zero attached hydrogens (tertiary/aromatic N) is 1. The summed E-state index contributed by atoms with van der Waals surface area (Å²) in [6.07, 6.45) is 1.56. The molecule has 0 aliphatic heterocycles. The van der Waals surface area contributed by atoms with Crippen LogP contribution in [0.1, 0.15) is 5.69 Å². The summed E-state index contributed by atoms with van der Waals surface area (Å²) in [4.78, 5) is 0. The summed E-state index contributed by atoms with van der Waals surface area (Å²) in [5.41, 5.74) is 0.618. The Hall–Kier alpha value is -2.08. The van der Waals surface area contributed by atoms with E-state index in [0.717, 1.165) is 0 Å². The minimum absolute atomic E-state index is 0.217. The fourth-order valence-electron chi connectivity index (χ4n) is 1.66. The van der Waals surface area contributed by atoms with Gasteiger partial charge in [-0.2, -0.15) is 0 Å². The molecule has 0 fully saturated rings. The van der Waals surface area contributed by atoms with E-state index in [1.54, 1.807) is 30.5 Å². The minimum Gasteiger partial charge on any atom is -0.486 e. The lowest BCUT2D eigenvalue weighted by Gasteiger charge is -2.05. The van der Waals surface area contributed by atoms with E-state index in [2.05, 4.69) is 21.1 Å². The van der Waals surface area contributed by atoms with Gasteiger partial charge in [0.25, 0.3) is 0 Å². The highest BCUT2D eigenvalue weighted by Crippen LogP contribution is 2.27. The van der Waals surface area contributed by atoms with E-state index in [4.69, 9.17) is 13.7 Å². The Labute approximate surface area is 122 Å². The molecule has 0 unspecified atom stereocenters. The summed E-state index contributed by atoms with van der Waals surface area (Å²) in [5, 5.41) is 3.89. The van der Waals surface area contributed by atoms with Crippen LogP contribution in [0.5, 0.6) is 5.75 Å². The Morgan fingerprint density at radius 3 is 2.85 bits per heavy atom. The molecule has 0 amide bonds. The van der Waals surface area contributed by atoms with Crippen LogP contribution in [0.3, 0.4) is 0 Å². The molecule has 1 aromatic carbocycles. The number of halogens is 2. The minimum atomic E-state index is -0.328. The number of hydrogen-bond acceptors (Lipinski definition) is 4. The molecule has 0 saturated carbocycles. The van der Waals surface area contributed by atoms with Crippen LogP contribution in [0.2, 0.25) is 0 Å². The first-order valence-corrected chi connectivity index (χ1v) is 6.59. The second kappa shape index (κ2) is 5.50. The highest BCUT2D eigenvalue weighted by Gasteiger charge is 2.10. The Kier molecular flexibility index (Phi) is 3.56. The molecular weight excluding hydrogens is 329 g/mol. The van der Waals surface area contributed by atoms with Gasteiger partial charge >= 0.3 is 0 Å². The smallest absolute Gasteiger partial charge is 0.202 e. The van der Waals surface area contributed by atoms with Crippen molar-refractivity contribution in [2.24, 2.45) is 0 Å². The first-order valence-electron chi connectivity index (χ1n) is 5.80. The summed E-state index contributed by atoms with van der Waals surface area (Å²) in [7, 11) is 0. The van der Waals surface area contributed by atoms with Crippen molar-refractivity contribution in [3.63, 3.8) is 0 Å². The van der Waals surface area contributed by atoms with E-state index in [1.807, 2.05) is 0 Å². The van der Waals surface area contributed by atoms with Crippen LogP contribution in [0.25, 0.3) is 11.5 Å². The number of aromatic nitrogens is 1. The van der Waals surface area contributed by atoms with Gasteiger partial charge < -0.3 is 13.7 Å². The van der Waals surface area contributed by atoms with E-state index in [1.165, 1.54) is 12.1 Å². The van der Waals surface area contributed by atoms with Crippen molar-refractivity contribution in [3.05, 3.63) is 58.6 Å². The first-order chi connectivity index (χ1) is 9.72. The summed E-state index contributed by atoms with van der Waals surface area (Å²) in [6, 6.07) is 9.50. The molecule has 0 atom stereocenters. The summed E-state index contributed by atoms with van der Waals surface area (Å²) >= 11 is 3.23. The van der Waals surface area contributed by atoms with Crippen LogP contribution in [0.4, 0.5) is 4.39 Å². The Balaban J connectivity index is 1.70. The molecular formula is C14H9BrFNO3. The lowest BCUT2D eigenvalue weighted by Crippen LogP contribution is -1.96. The lowest BCUT2D eigenvalue weighted by molar-refractivity contribution is 0.287. The molecule has 20 heavy (non-hydrogen) atoms. The van der Waals surface area contributed by atoms with E-state index in [-0.39, 0.29) is 12.4 Å². The fourth-order valence-corrected chi connectivity index (χ4v) is 2.12. The largest absolute Gasteiger partial charge is 0.486 e. The molecule has 3 aromatic rings.